The van der Waals surface area contributed by atoms with Gasteiger partial charge in [0.25, 0.3) is 0 Å². The summed E-state index contributed by atoms with van der Waals surface area (Å²) in [5, 5.41) is 15.5. The summed E-state index contributed by atoms with van der Waals surface area (Å²) in [6.45, 7) is 0.240. The Balaban J connectivity index is 1.05. The normalized spacial score (nSPS) is 30.2. The van der Waals surface area contributed by atoms with E-state index in [0.29, 0.717) is 12.8 Å². The summed E-state index contributed by atoms with van der Waals surface area (Å²) >= 11 is 0. The monoisotopic (exact) mass is 474 g/mol. The van der Waals surface area contributed by atoms with Crippen molar-refractivity contribution in [2.75, 3.05) is 6.61 Å². The minimum atomic E-state index is -0.741. The predicted octanol–water partition coefficient (Wildman–Crippen LogP) is 4.06. The highest BCUT2D eigenvalue weighted by Gasteiger charge is 2.65. The van der Waals surface area contributed by atoms with E-state index >= 15 is 0 Å². The number of carbonyl (C=O) groups excluding carboxylic acids is 2. The highest BCUT2D eigenvalue weighted by molar-refractivity contribution is 5.83. The molecule has 7 nitrogen and oxygen atoms in total. The third-order valence-electron chi connectivity index (χ3n) is 8.68. The summed E-state index contributed by atoms with van der Waals surface area (Å²) in [5.74, 6) is -0.962. The molecule has 0 aliphatic heterocycles. The average molecular weight is 475 g/mol. The van der Waals surface area contributed by atoms with Crippen LogP contribution in [-0.2, 0) is 14.3 Å². The molecule has 35 heavy (non-hydrogen) atoms. The van der Waals surface area contributed by atoms with Crippen molar-refractivity contribution < 1.29 is 24.2 Å². The predicted molar refractivity (Wildman–Crippen MR) is 129 cm³/mol. The molecule has 4 aliphatic rings. The lowest BCUT2D eigenvalue weighted by Crippen LogP contribution is -2.46. The number of carboxylic acid groups (broad SMARTS) is 1. The molecule has 0 saturated heterocycles. The summed E-state index contributed by atoms with van der Waals surface area (Å²) in [5.41, 5.74) is 4.06. The van der Waals surface area contributed by atoms with Crippen molar-refractivity contribution in [2.24, 2.45) is 17.3 Å². The third kappa shape index (κ3) is 3.77. The van der Waals surface area contributed by atoms with Gasteiger partial charge in [0.05, 0.1) is 11.3 Å². The Hall–Kier alpha value is -3.35. The van der Waals surface area contributed by atoms with Crippen molar-refractivity contribution in [3.05, 3.63) is 59.7 Å². The molecule has 7 heteroatoms. The molecule has 6 rings (SSSR count). The van der Waals surface area contributed by atoms with E-state index in [-0.39, 0.29) is 42.4 Å². The molecule has 0 heterocycles. The number of alkyl carbamates (subject to hydrolysis) is 1. The van der Waals surface area contributed by atoms with Crippen molar-refractivity contribution in [1.29, 1.82) is 0 Å². The third-order valence-corrected chi connectivity index (χ3v) is 8.68. The number of benzene rings is 2. The van der Waals surface area contributed by atoms with Crippen LogP contribution >= 0.6 is 0 Å². The number of ether oxygens (including phenoxy) is 1. The van der Waals surface area contributed by atoms with E-state index in [1.807, 2.05) is 24.3 Å². The van der Waals surface area contributed by atoms with Gasteiger partial charge in [-0.2, -0.15) is 0 Å². The molecule has 0 unspecified atom stereocenters. The molecule has 0 radical (unpaired) electrons. The van der Waals surface area contributed by atoms with Gasteiger partial charge in [-0.3, -0.25) is 9.59 Å². The van der Waals surface area contributed by atoms with Crippen LogP contribution in [0, 0.1) is 17.3 Å². The van der Waals surface area contributed by atoms with E-state index in [4.69, 9.17) is 4.74 Å². The maximum absolute atomic E-state index is 13.0. The van der Waals surface area contributed by atoms with Crippen molar-refractivity contribution >= 4 is 18.0 Å². The minimum absolute atomic E-state index is 0.00817. The lowest BCUT2D eigenvalue weighted by Gasteiger charge is -2.24. The topological polar surface area (TPSA) is 105 Å². The second-order valence-corrected chi connectivity index (χ2v) is 10.6. The number of amides is 2. The van der Waals surface area contributed by atoms with Gasteiger partial charge in [-0.15, -0.1) is 0 Å². The molecule has 0 spiro atoms. The first-order valence-corrected chi connectivity index (χ1v) is 12.6. The molecule has 182 valence electrons. The zero-order chi connectivity index (χ0) is 24.2. The van der Waals surface area contributed by atoms with E-state index in [2.05, 4.69) is 34.9 Å². The Labute approximate surface area is 204 Å². The number of nitrogens with one attached hydrogen (secondary N) is 2. The van der Waals surface area contributed by atoms with E-state index in [9.17, 15) is 19.5 Å². The van der Waals surface area contributed by atoms with Crippen molar-refractivity contribution in [3.8, 4) is 11.1 Å². The second kappa shape index (κ2) is 8.40. The smallest absolute Gasteiger partial charge is 0.407 e. The van der Waals surface area contributed by atoms with Crippen LogP contribution in [0.1, 0.15) is 55.6 Å². The average Bonchev–Trinajstić information content (AvgIpc) is 3.17. The van der Waals surface area contributed by atoms with Gasteiger partial charge >= 0.3 is 12.1 Å². The van der Waals surface area contributed by atoms with Crippen LogP contribution in [-0.4, -0.2) is 41.8 Å². The Morgan fingerprint density at radius 1 is 0.943 bits per heavy atom. The summed E-state index contributed by atoms with van der Waals surface area (Å²) in [6, 6.07) is 16.1. The van der Waals surface area contributed by atoms with Gasteiger partial charge in [-0.25, -0.2) is 4.79 Å². The van der Waals surface area contributed by atoms with Gasteiger partial charge in [0.15, 0.2) is 0 Å². The van der Waals surface area contributed by atoms with E-state index in [1.54, 1.807) is 0 Å². The minimum Gasteiger partial charge on any atom is -0.481 e. The Morgan fingerprint density at radius 2 is 1.63 bits per heavy atom. The van der Waals surface area contributed by atoms with Crippen LogP contribution in [0.4, 0.5) is 4.79 Å². The van der Waals surface area contributed by atoms with Crippen LogP contribution in [0.2, 0.25) is 0 Å². The van der Waals surface area contributed by atoms with E-state index in [0.717, 1.165) is 36.8 Å². The highest BCUT2D eigenvalue weighted by atomic mass is 16.5. The van der Waals surface area contributed by atoms with Gasteiger partial charge in [0.2, 0.25) is 5.91 Å². The summed E-state index contributed by atoms with van der Waals surface area (Å²) in [6.07, 6.45) is 3.77. The van der Waals surface area contributed by atoms with Gasteiger partial charge in [-0.1, -0.05) is 55.0 Å². The van der Waals surface area contributed by atoms with Crippen LogP contribution in [0.5, 0.6) is 0 Å². The fourth-order valence-electron chi connectivity index (χ4n) is 6.81. The highest BCUT2D eigenvalue weighted by Crippen LogP contribution is 2.63. The second-order valence-electron chi connectivity index (χ2n) is 10.6. The molecule has 2 aromatic carbocycles. The van der Waals surface area contributed by atoms with Crippen molar-refractivity contribution in [2.45, 2.75) is 56.5 Å². The number of hydrogen-bond donors (Lipinski definition) is 3. The molecular weight excluding hydrogens is 444 g/mol. The zero-order valence-electron chi connectivity index (χ0n) is 19.5. The summed E-state index contributed by atoms with van der Waals surface area (Å²) in [7, 11) is 0. The molecular formula is C28H30N2O5. The zero-order valence-corrected chi connectivity index (χ0v) is 19.5. The van der Waals surface area contributed by atoms with E-state index < -0.39 is 17.5 Å². The van der Waals surface area contributed by atoms with Gasteiger partial charge in [-0.05, 0) is 60.3 Å². The SMILES string of the molecule is O=C(N[C@@H]1CCC[C@@H]1C(=O)N[C@@H]1C[C@H]2C[C@@]2(C(=O)O)C1)OCC1c2ccccc2-c2ccccc21. The van der Waals surface area contributed by atoms with Crippen LogP contribution in [0.25, 0.3) is 11.1 Å². The Kier molecular flexibility index (Phi) is 5.31. The number of aliphatic carboxylic acids is 1. The molecule has 3 N–H and O–H groups in total. The summed E-state index contributed by atoms with van der Waals surface area (Å²) in [4.78, 5) is 37.3. The molecule has 2 amide bonds. The molecule has 0 bridgehead atoms. The molecule has 0 aromatic heterocycles. The van der Waals surface area contributed by atoms with Gasteiger partial charge in [0, 0.05) is 18.0 Å². The molecule has 4 aliphatic carbocycles. The lowest BCUT2D eigenvalue weighted by molar-refractivity contribution is -0.144. The van der Waals surface area contributed by atoms with Gasteiger partial charge < -0.3 is 20.5 Å². The maximum Gasteiger partial charge on any atom is 0.407 e. The largest absolute Gasteiger partial charge is 0.481 e. The van der Waals surface area contributed by atoms with Crippen molar-refractivity contribution in [1.82, 2.24) is 10.6 Å². The standard InChI is InChI=1S/C28H30N2O5/c31-25(29-17-12-16-13-28(16,14-17)26(32)33)22-10-5-11-24(22)30-27(34)35-15-23-20-8-3-1-6-18(20)19-7-2-4-9-21(19)23/h1-4,6-9,16-17,22-24H,5,10-15H2,(H,29,31)(H,30,34)(H,32,33)/t16-,17+,22-,24+,28+/m0/s1. The Bertz CT molecular complexity index is 1150. The van der Waals surface area contributed by atoms with Crippen LogP contribution in [0.3, 0.4) is 0 Å². The number of hydrogen-bond acceptors (Lipinski definition) is 4. The lowest BCUT2D eigenvalue weighted by atomic mass is 9.98. The fraction of sp³-hybridized carbons (Fsp3) is 0.464. The van der Waals surface area contributed by atoms with Crippen LogP contribution in [0.15, 0.2) is 48.5 Å². The molecule has 2 aromatic rings. The Morgan fingerprint density at radius 3 is 2.29 bits per heavy atom. The first-order valence-electron chi connectivity index (χ1n) is 12.6. The number of carbonyl (C=O) groups is 3. The first kappa shape index (κ1) is 22.1. The molecule has 3 saturated carbocycles. The maximum atomic E-state index is 13.0. The van der Waals surface area contributed by atoms with E-state index in [1.165, 1.54) is 11.1 Å². The van der Waals surface area contributed by atoms with Crippen LogP contribution < -0.4 is 10.6 Å². The number of rotatable bonds is 6. The fourth-order valence-corrected chi connectivity index (χ4v) is 6.81. The van der Waals surface area contributed by atoms with Crippen molar-refractivity contribution in [3.63, 3.8) is 0 Å². The first-order chi connectivity index (χ1) is 17.0. The van der Waals surface area contributed by atoms with Gasteiger partial charge in [0.1, 0.15) is 6.61 Å². The molecule has 5 atom stereocenters. The number of fused-ring (bicyclic) bond motifs is 4. The summed E-state index contributed by atoms with van der Waals surface area (Å²) < 4.78 is 5.68. The molecule has 3 fully saturated rings. The quantitative estimate of drug-likeness (QED) is 0.586. The number of carboxylic acids is 1.